The summed E-state index contributed by atoms with van der Waals surface area (Å²) in [5, 5.41) is 0. The number of halogens is 1. The molecule has 3 nitrogen and oxygen atoms in total. The zero-order chi connectivity index (χ0) is 10.8. The molecular weight excluding hydrogens is 254 g/mol. The minimum absolute atomic E-state index is 0.500. The fourth-order valence-electron chi connectivity index (χ4n) is 1.32. The quantitative estimate of drug-likeness (QED) is 0.861. The van der Waals surface area contributed by atoms with Crippen molar-refractivity contribution in [3.63, 3.8) is 0 Å². The molecule has 1 aromatic carbocycles. The van der Waals surface area contributed by atoms with Gasteiger partial charge in [0.2, 0.25) is 0 Å². The lowest BCUT2D eigenvalue weighted by Crippen LogP contribution is -1.97. The second kappa shape index (κ2) is 3.98. The number of nitrogens with zero attached hydrogens (tertiary/aromatic N) is 2. The Hall–Kier alpha value is -1.42. The first-order valence-electron chi connectivity index (χ1n) is 4.52. The van der Waals surface area contributed by atoms with Crippen LogP contribution in [0.2, 0.25) is 0 Å². The van der Waals surface area contributed by atoms with Gasteiger partial charge in [0.15, 0.2) is 5.82 Å². The maximum Gasteiger partial charge on any atom is 0.161 e. The van der Waals surface area contributed by atoms with Crippen molar-refractivity contribution in [3.05, 3.63) is 40.5 Å². The van der Waals surface area contributed by atoms with Crippen LogP contribution in [0.15, 0.2) is 34.8 Å². The second-order valence-corrected chi connectivity index (χ2v) is 4.18. The van der Waals surface area contributed by atoms with Gasteiger partial charge in [-0.05, 0) is 19.1 Å². The van der Waals surface area contributed by atoms with E-state index in [2.05, 4.69) is 25.9 Å². The number of aryl methyl sites for hydroxylation is 1. The van der Waals surface area contributed by atoms with E-state index in [1.807, 2.05) is 31.2 Å². The summed E-state index contributed by atoms with van der Waals surface area (Å²) < 4.78 is 1.03. The van der Waals surface area contributed by atoms with Gasteiger partial charge in [-0.3, -0.25) is 0 Å². The molecule has 0 aliphatic carbocycles. The Bertz CT molecular complexity index is 459. The van der Waals surface area contributed by atoms with Gasteiger partial charge in [0.1, 0.15) is 5.82 Å². The van der Waals surface area contributed by atoms with Crippen LogP contribution >= 0.6 is 15.9 Å². The molecule has 0 bridgehead atoms. The van der Waals surface area contributed by atoms with Crippen molar-refractivity contribution in [1.82, 2.24) is 9.97 Å². The molecule has 2 rings (SSSR count). The van der Waals surface area contributed by atoms with E-state index in [0.717, 1.165) is 15.7 Å². The molecule has 1 heterocycles. The Morgan fingerprint density at radius 3 is 2.40 bits per heavy atom. The number of hydrogen-bond acceptors (Lipinski definition) is 3. The summed E-state index contributed by atoms with van der Waals surface area (Å²) in [6.45, 7) is 1.90. The Labute approximate surface area is 96.5 Å². The first-order valence-corrected chi connectivity index (χ1v) is 5.31. The van der Waals surface area contributed by atoms with Gasteiger partial charge in [-0.15, -0.1) is 0 Å². The van der Waals surface area contributed by atoms with Gasteiger partial charge < -0.3 is 5.73 Å². The lowest BCUT2D eigenvalue weighted by atomic mass is 10.2. The Morgan fingerprint density at radius 2 is 1.80 bits per heavy atom. The predicted octanol–water partition coefficient (Wildman–Crippen LogP) is 2.80. The highest BCUT2D eigenvalue weighted by molar-refractivity contribution is 9.10. The maximum atomic E-state index is 5.67. The van der Waals surface area contributed by atoms with Crippen LogP contribution in [-0.4, -0.2) is 9.97 Å². The Morgan fingerprint density at radius 1 is 1.13 bits per heavy atom. The molecule has 0 saturated heterocycles. The van der Waals surface area contributed by atoms with Crippen LogP contribution in [0.5, 0.6) is 0 Å². The van der Waals surface area contributed by atoms with Crippen LogP contribution in [0.1, 0.15) is 5.69 Å². The summed E-state index contributed by atoms with van der Waals surface area (Å²) in [6.07, 6.45) is 0. The average Bonchev–Trinajstić information content (AvgIpc) is 2.17. The fourth-order valence-corrected chi connectivity index (χ4v) is 1.59. The van der Waals surface area contributed by atoms with Crippen molar-refractivity contribution < 1.29 is 0 Å². The van der Waals surface area contributed by atoms with Gasteiger partial charge in [0.25, 0.3) is 0 Å². The van der Waals surface area contributed by atoms with Gasteiger partial charge >= 0.3 is 0 Å². The van der Waals surface area contributed by atoms with Crippen LogP contribution in [0, 0.1) is 6.92 Å². The molecule has 2 N–H and O–H groups in total. The third kappa shape index (κ3) is 2.33. The van der Waals surface area contributed by atoms with Gasteiger partial charge in [-0.25, -0.2) is 9.97 Å². The SMILES string of the molecule is Cc1cc(N)nc(-c2ccc(Br)cc2)n1. The minimum atomic E-state index is 0.500. The predicted molar refractivity (Wildman–Crippen MR) is 64.3 cm³/mol. The van der Waals surface area contributed by atoms with Crippen molar-refractivity contribution in [2.45, 2.75) is 6.92 Å². The number of anilines is 1. The fraction of sp³-hybridized carbons (Fsp3) is 0.0909. The van der Waals surface area contributed by atoms with Gasteiger partial charge in [-0.2, -0.15) is 0 Å². The normalized spacial score (nSPS) is 10.3. The smallest absolute Gasteiger partial charge is 0.161 e. The lowest BCUT2D eigenvalue weighted by molar-refractivity contribution is 1.12. The van der Waals surface area contributed by atoms with Crippen LogP contribution in [0.25, 0.3) is 11.4 Å². The molecule has 15 heavy (non-hydrogen) atoms. The van der Waals surface area contributed by atoms with Crippen LogP contribution in [0.4, 0.5) is 5.82 Å². The molecule has 1 aromatic heterocycles. The molecule has 0 spiro atoms. The van der Waals surface area contributed by atoms with Crippen molar-refractivity contribution in [1.29, 1.82) is 0 Å². The summed E-state index contributed by atoms with van der Waals surface area (Å²) in [6, 6.07) is 9.58. The molecule has 0 saturated carbocycles. The van der Waals surface area contributed by atoms with E-state index in [1.54, 1.807) is 6.07 Å². The number of aromatic nitrogens is 2. The second-order valence-electron chi connectivity index (χ2n) is 3.26. The highest BCUT2D eigenvalue weighted by atomic mass is 79.9. The lowest BCUT2D eigenvalue weighted by Gasteiger charge is -2.02. The minimum Gasteiger partial charge on any atom is -0.384 e. The molecule has 0 unspecified atom stereocenters. The molecular formula is C11H10BrN3. The third-order valence-corrected chi connectivity index (χ3v) is 2.51. The van der Waals surface area contributed by atoms with E-state index >= 15 is 0 Å². The third-order valence-electron chi connectivity index (χ3n) is 1.98. The van der Waals surface area contributed by atoms with E-state index in [4.69, 9.17) is 5.73 Å². The van der Waals surface area contributed by atoms with Crippen LogP contribution in [-0.2, 0) is 0 Å². The number of benzene rings is 1. The molecule has 0 amide bonds. The Balaban J connectivity index is 2.49. The molecule has 0 aliphatic rings. The zero-order valence-electron chi connectivity index (χ0n) is 8.24. The summed E-state index contributed by atoms with van der Waals surface area (Å²) >= 11 is 3.38. The standard InChI is InChI=1S/C11H10BrN3/c1-7-6-10(13)15-11(14-7)8-2-4-9(12)5-3-8/h2-6H,1H3,(H2,13,14,15). The number of hydrogen-bond donors (Lipinski definition) is 1. The molecule has 2 aromatic rings. The molecule has 0 aliphatic heterocycles. The average molecular weight is 264 g/mol. The highest BCUT2D eigenvalue weighted by Crippen LogP contribution is 2.19. The van der Waals surface area contributed by atoms with Crippen LogP contribution in [0.3, 0.4) is 0 Å². The van der Waals surface area contributed by atoms with Gasteiger partial charge in [0.05, 0.1) is 0 Å². The van der Waals surface area contributed by atoms with E-state index in [0.29, 0.717) is 11.6 Å². The van der Waals surface area contributed by atoms with Crippen molar-refractivity contribution in [3.8, 4) is 11.4 Å². The molecule has 0 radical (unpaired) electrons. The topological polar surface area (TPSA) is 51.8 Å². The van der Waals surface area contributed by atoms with E-state index in [9.17, 15) is 0 Å². The van der Waals surface area contributed by atoms with Crippen molar-refractivity contribution >= 4 is 21.7 Å². The zero-order valence-corrected chi connectivity index (χ0v) is 9.82. The Kier molecular flexibility index (Phi) is 2.68. The largest absolute Gasteiger partial charge is 0.384 e. The molecule has 4 heteroatoms. The number of nitrogens with two attached hydrogens (primary N) is 1. The van der Waals surface area contributed by atoms with Gasteiger partial charge in [-0.1, -0.05) is 28.1 Å². The van der Waals surface area contributed by atoms with Crippen LogP contribution < -0.4 is 5.73 Å². The summed E-state index contributed by atoms with van der Waals surface area (Å²) in [4.78, 5) is 8.51. The first-order chi connectivity index (χ1) is 7.15. The highest BCUT2D eigenvalue weighted by Gasteiger charge is 2.02. The monoisotopic (exact) mass is 263 g/mol. The van der Waals surface area contributed by atoms with E-state index in [-0.39, 0.29) is 0 Å². The maximum absolute atomic E-state index is 5.67. The summed E-state index contributed by atoms with van der Waals surface area (Å²) in [7, 11) is 0. The molecule has 76 valence electrons. The van der Waals surface area contributed by atoms with E-state index in [1.165, 1.54) is 0 Å². The van der Waals surface area contributed by atoms with E-state index < -0.39 is 0 Å². The van der Waals surface area contributed by atoms with Gasteiger partial charge in [0, 0.05) is 21.8 Å². The number of nitrogen functional groups attached to an aromatic ring is 1. The van der Waals surface area contributed by atoms with Crippen molar-refractivity contribution in [2.75, 3.05) is 5.73 Å². The first kappa shape index (κ1) is 10.1. The number of rotatable bonds is 1. The molecule has 0 atom stereocenters. The molecule has 0 fully saturated rings. The summed E-state index contributed by atoms with van der Waals surface area (Å²) in [5.74, 6) is 1.17. The summed E-state index contributed by atoms with van der Waals surface area (Å²) in [5.41, 5.74) is 7.51. The van der Waals surface area contributed by atoms with Crippen molar-refractivity contribution in [2.24, 2.45) is 0 Å².